The topological polar surface area (TPSA) is 93.1 Å². The summed E-state index contributed by atoms with van der Waals surface area (Å²) in [5, 5.41) is 22.2. The molecule has 2 heterocycles. The molecule has 7 nitrogen and oxygen atoms in total. The lowest BCUT2D eigenvalue weighted by Gasteiger charge is -2.51. The van der Waals surface area contributed by atoms with Gasteiger partial charge in [-0.05, 0) is 17.5 Å². The van der Waals surface area contributed by atoms with Gasteiger partial charge in [0.15, 0.2) is 0 Å². The van der Waals surface area contributed by atoms with Crippen molar-refractivity contribution in [3.05, 3.63) is 18.2 Å². The molecule has 7 heteroatoms. The molecule has 2 aliphatic heterocycles. The van der Waals surface area contributed by atoms with Crippen LogP contribution in [0.5, 0.6) is 5.75 Å². The Morgan fingerprint density at radius 1 is 1.29 bits per heavy atom. The highest BCUT2D eigenvalue weighted by Gasteiger charge is 2.44. The number of nitrogens with one attached hydrogen (secondary N) is 1. The second kappa shape index (κ2) is 5.58. The molecule has 0 aliphatic carbocycles. The summed E-state index contributed by atoms with van der Waals surface area (Å²) in [6.45, 7) is 6.80. The number of nitrogens with zero attached hydrogens (tertiary/aromatic N) is 2. The Morgan fingerprint density at radius 3 is 2.62 bits per heavy atom. The molecule has 2 atom stereocenters. The van der Waals surface area contributed by atoms with E-state index in [1.54, 1.807) is 18.2 Å². The van der Waals surface area contributed by atoms with Gasteiger partial charge in [-0.1, -0.05) is 20.8 Å². The van der Waals surface area contributed by atoms with Crippen LogP contribution in [0.1, 0.15) is 27.2 Å². The number of fused-ring (bicyclic) bond motifs is 3. The Balaban J connectivity index is 2.12. The van der Waals surface area contributed by atoms with Crippen molar-refractivity contribution >= 4 is 23.4 Å². The number of rotatable bonds is 0. The summed E-state index contributed by atoms with van der Waals surface area (Å²) in [7, 11) is 0. The van der Waals surface area contributed by atoms with E-state index in [1.165, 1.54) is 4.90 Å². The van der Waals surface area contributed by atoms with E-state index in [1.807, 2.05) is 0 Å². The number of carboxylic acid groups (broad SMARTS) is 1. The molecule has 24 heavy (non-hydrogen) atoms. The number of benzene rings is 1. The van der Waals surface area contributed by atoms with Gasteiger partial charge in [-0.25, -0.2) is 4.79 Å². The van der Waals surface area contributed by atoms with Crippen molar-refractivity contribution in [1.29, 1.82) is 0 Å². The van der Waals surface area contributed by atoms with E-state index < -0.39 is 6.09 Å². The number of aromatic hydroxyl groups is 1. The van der Waals surface area contributed by atoms with Gasteiger partial charge in [0.25, 0.3) is 0 Å². The molecule has 3 N–H and O–H groups in total. The number of hydrogen-bond donors (Lipinski definition) is 3. The average Bonchev–Trinajstić information content (AvgIpc) is 2.60. The van der Waals surface area contributed by atoms with Crippen LogP contribution in [0.25, 0.3) is 0 Å². The molecule has 0 spiro atoms. The lowest BCUT2D eigenvalue weighted by atomic mass is 9.82. The van der Waals surface area contributed by atoms with Crippen LogP contribution < -0.4 is 10.2 Å². The number of hydrogen-bond acceptors (Lipinski definition) is 4. The summed E-state index contributed by atoms with van der Waals surface area (Å²) < 4.78 is 0. The van der Waals surface area contributed by atoms with E-state index in [-0.39, 0.29) is 42.1 Å². The lowest BCUT2D eigenvalue weighted by molar-refractivity contribution is -0.116. The van der Waals surface area contributed by atoms with Crippen LogP contribution in [-0.2, 0) is 4.79 Å². The van der Waals surface area contributed by atoms with Crippen LogP contribution in [0.4, 0.5) is 16.2 Å². The predicted octanol–water partition coefficient (Wildman–Crippen LogP) is 2.32. The second-order valence-corrected chi connectivity index (χ2v) is 7.58. The maximum Gasteiger partial charge on any atom is 0.407 e. The third kappa shape index (κ3) is 2.86. The van der Waals surface area contributed by atoms with E-state index in [2.05, 4.69) is 31.0 Å². The minimum atomic E-state index is -0.968. The summed E-state index contributed by atoms with van der Waals surface area (Å²) in [5.41, 5.74) is 1.19. The van der Waals surface area contributed by atoms with Crippen LogP contribution in [0.15, 0.2) is 18.2 Å². The number of anilines is 2. The average molecular weight is 333 g/mol. The summed E-state index contributed by atoms with van der Waals surface area (Å²) in [5.74, 6) is -0.0219. The first-order chi connectivity index (χ1) is 11.2. The number of carbonyl (C=O) groups is 2. The molecule has 1 saturated heterocycles. The number of piperazine rings is 1. The summed E-state index contributed by atoms with van der Waals surface area (Å²) >= 11 is 0. The molecule has 0 bridgehead atoms. The fraction of sp³-hybridized carbons (Fsp3) is 0.529. The molecule has 2 aliphatic rings. The molecular weight excluding hydrogens is 310 g/mol. The molecule has 2 amide bonds. The van der Waals surface area contributed by atoms with E-state index in [0.29, 0.717) is 12.2 Å². The molecule has 1 aromatic rings. The summed E-state index contributed by atoms with van der Waals surface area (Å²) in [6, 6.07) is 4.50. The molecule has 1 unspecified atom stereocenters. The number of phenols is 1. The van der Waals surface area contributed by atoms with E-state index in [0.717, 1.165) is 5.69 Å². The molecule has 0 aromatic heterocycles. The van der Waals surface area contributed by atoms with Crippen LogP contribution in [0.2, 0.25) is 0 Å². The van der Waals surface area contributed by atoms with Gasteiger partial charge in [-0.15, -0.1) is 0 Å². The van der Waals surface area contributed by atoms with Gasteiger partial charge in [-0.2, -0.15) is 0 Å². The normalized spacial score (nSPS) is 23.9. The standard InChI is InChI=1S/C17H23N3O4/c1-17(2,3)14-9-19(16(23)24)8-10-6-15(22)18-12-5-4-11(21)7-13(12)20(10)14/h4-5,7,10,14,21H,6,8-9H2,1-3H3,(H,18,22)(H,23,24)/t10-,14?/m1/s1. The lowest BCUT2D eigenvalue weighted by Crippen LogP contribution is -2.63. The zero-order valence-electron chi connectivity index (χ0n) is 14.1. The Hall–Kier alpha value is -2.44. The maximum atomic E-state index is 12.3. The zero-order valence-corrected chi connectivity index (χ0v) is 14.1. The van der Waals surface area contributed by atoms with Gasteiger partial charge < -0.3 is 25.3 Å². The third-order valence-electron chi connectivity index (χ3n) is 4.78. The highest BCUT2D eigenvalue weighted by molar-refractivity contribution is 5.97. The molecule has 1 aromatic carbocycles. The van der Waals surface area contributed by atoms with Crippen LogP contribution in [0, 0.1) is 5.41 Å². The summed E-state index contributed by atoms with van der Waals surface area (Å²) in [6.07, 6.45) is -0.754. The Bertz CT molecular complexity index is 683. The molecular formula is C17H23N3O4. The Morgan fingerprint density at radius 2 is 2.00 bits per heavy atom. The van der Waals surface area contributed by atoms with Gasteiger partial charge in [-0.3, -0.25) is 4.79 Å². The van der Waals surface area contributed by atoms with E-state index in [4.69, 9.17) is 0 Å². The van der Waals surface area contributed by atoms with Crippen molar-refractivity contribution in [1.82, 2.24) is 4.90 Å². The first-order valence-electron chi connectivity index (χ1n) is 8.06. The number of carbonyl (C=O) groups excluding carboxylic acids is 1. The van der Waals surface area contributed by atoms with Gasteiger partial charge in [0.2, 0.25) is 5.91 Å². The van der Waals surface area contributed by atoms with Crippen molar-refractivity contribution in [3.8, 4) is 5.75 Å². The minimum absolute atomic E-state index is 0.111. The SMILES string of the molecule is CC(C)(C)C1CN(C(=O)O)C[C@H]2CC(=O)Nc3ccc(O)cc3N12. The quantitative estimate of drug-likeness (QED) is 0.634. The Kier molecular flexibility index (Phi) is 3.81. The van der Waals surface area contributed by atoms with Gasteiger partial charge in [0.1, 0.15) is 5.75 Å². The van der Waals surface area contributed by atoms with E-state index >= 15 is 0 Å². The molecule has 130 valence electrons. The predicted molar refractivity (Wildman–Crippen MR) is 90.5 cm³/mol. The maximum absolute atomic E-state index is 12.3. The molecule has 0 saturated carbocycles. The van der Waals surface area contributed by atoms with Crippen molar-refractivity contribution in [2.75, 3.05) is 23.3 Å². The van der Waals surface area contributed by atoms with Gasteiger partial charge in [0.05, 0.1) is 23.5 Å². The number of amides is 2. The fourth-order valence-electron chi connectivity index (χ4n) is 3.60. The zero-order chi connectivity index (χ0) is 17.6. The largest absolute Gasteiger partial charge is 0.508 e. The molecule has 1 fully saturated rings. The molecule has 3 rings (SSSR count). The highest BCUT2D eigenvalue weighted by Crippen LogP contribution is 2.41. The van der Waals surface area contributed by atoms with Gasteiger partial charge in [0, 0.05) is 25.6 Å². The van der Waals surface area contributed by atoms with Crippen LogP contribution in [-0.4, -0.2) is 52.3 Å². The van der Waals surface area contributed by atoms with Gasteiger partial charge >= 0.3 is 6.09 Å². The van der Waals surface area contributed by atoms with Crippen molar-refractivity contribution in [2.24, 2.45) is 5.41 Å². The first kappa shape index (κ1) is 16.4. The van der Waals surface area contributed by atoms with Crippen LogP contribution >= 0.6 is 0 Å². The molecule has 0 radical (unpaired) electrons. The minimum Gasteiger partial charge on any atom is -0.508 e. The third-order valence-corrected chi connectivity index (χ3v) is 4.78. The first-order valence-corrected chi connectivity index (χ1v) is 8.06. The van der Waals surface area contributed by atoms with Crippen molar-refractivity contribution in [2.45, 2.75) is 39.3 Å². The van der Waals surface area contributed by atoms with Crippen LogP contribution in [0.3, 0.4) is 0 Å². The van der Waals surface area contributed by atoms with E-state index in [9.17, 15) is 19.8 Å². The Labute approximate surface area is 140 Å². The summed E-state index contributed by atoms with van der Waals surface area (Å²) in [4.78, 5) is 27.3. The second-order valence-electron chi connectivity index (χ2n) is 7.58. The van der Waals surface area contributed by atoms with Crippen molar-refractivity contribution in [3.63, 3.8) is 0 Å². The van der Waals surface area contributed by atoms with Crippen molar-refractivity contribution < 1.29 is 19.8 Å². The monoisotopic (exact) mass is 333 g/mol. The fourth-order valence-corrected chi connectivity index (χ4v) is 3.60. The number of phenolic OH excluding ortho intramolecular Hbond substituents is 1. The smallest absolute Gasteiger partial charge is 0.407 e. The highest BCUT2D eigenvalue weighted by atomic mass is 16.4.